The summed E-state index contributed by atoms with van der Waals surface area (Å²) in [4.78, 5) is 11.9. The summed E-state index contributed by atoms with van der Waals surface area (Å²) in [5.74, 6) is -0.205. The number of nitrogens with two attached hydrogens (primary N) is 1. The molecule has 0 radical (unpaired) electrons. The number of halogens is 1. The topological polar surface area (TPSA) is 55.1 Å². The van der Waals surface area contributed by atoms with Crippen molar-refractivity contribution in [3.8, 4) is 0 Å². The van der Waals surface area contributed by atoms with Crippen LogP contribution in [0, 0.1) is 0 Å². The molecule has 0 aliphatic heterocycles. The van der Waals surface area contributed by atoms with Crippen molar-refractivity contribution in [2.45, 2.75) is 32.7 Å². The number of carbonyl (C=O) groups excluding carboxylic acids is 1. The molecule has 1 amide bonds. The van der Waals surface area contributed by atoms with E-state index in [4.69, 9.17) is 17.3 Å². The van der Waals surface area contributed by atoms with Gasteiger partial charge < -0.3 is 11.1 Å². The second-order valence-corrected chi connectivity index (χ2v) is 4.27. The van der Waals surface area contributed by atoms with E-state index in [0.717, 1.165) is 12.8 Å². The summed E-state index contributed by atoms with van der Waals surface area (Å²) in [5.41, 5.74) is 6.51. The van der Waals surface area contributed by atoms with Gasteiger partial charge in [0, 0.05) is 11.7 Å². The minimum atomic E-state index is -0.205. The van der Waals surface area contributed by atoms with Gasteiger partial charge in [-0.3, -0.25) is 4.79 Å². The number of carbonyl (C=O) groups is 1. The van der Waals surface area contributed by atoms with Crippen molar-refractivity contribution in [2.24, 2.45) is 0 Å². The summed E-state index contributed by atoms with van der Waals surface area (Å²) >= 11 is 5.94. The van der Waals surface area contributed by atoms with Crippen LogP contribution in [0.15, 0.2) is 18.2 Å². The molecule has 3 N–H and O–H groups in total. The van der Waals surface area contributed by atoms with Gasteiger partial charge in [-0.25, -0.2) is 0 Å². The monoisotopic (exact) mass is 240 g/mol. The molecule has 1 aromatic rings. The molecule has 0 aromatic heterocycles. The standard InChI is InChI=1S/C12H17ClN2O/c1-3-5-8(2)15-12(16)11-9(13)6-4-7-10(11)14/h4,6-8H,3,5,14H2,1-2H3,(H,15,16). The fourth-order valence-corrected chi connectivity index (χ4v) is 1.85. The van der Waals surface area contributed by atoms with Gasteiger partial charge in [0.05, 0.1) is 10.6 Å². The van der Waals surface area contributed by atoms with E-state index in [-0.39, 0.29) is 11.9 Å². The number of amides is 1. The number of hydrogen-bond donors (Lipinski definition) is 2. The number of anilines is 1. The van der Waals surface area contributed by atoms with Gasteiger partial charge in [0.15, 0.2) is 0 Å². The van der Waals surface area contributed by atoms with Crippen molar-refractivity contribution in [1.82, 2.24) is 5.32 Å². The van der Waals surface area contributed by atoms with Crippen LogP contribution >= 0.6 is 11.6 Å². The molecule has 0 spiro atoms. The van der Waals surface area contributed by atoms with Gasteiger partial charge in [0.2, 0.25) is 0 Å². The Labute approximate surface area is 101 Å². The van der Waals surface area contributed by atoms with Crippen molar-refractivity contribution in [3.05, 3.63) is 28.8 Å². The summed E-state index contributed by atoms with van der Waals surface area (Å²) in [6.45, 7) is 4.04. The molecule has 0 aliphatic carbocycles. The van der Waals surface area contributed by atoms with E-state index in [1.165, 1.54) is 0 Å². The van der Waals surface area contributed by atoms with Gasteiger partial charge in [0.25, 0.3) is 5.91 Å². The zero-order valence-electron chi connectivity index (χ0n) is 9.59. The molecular formula is C12H17ClN2O. The van der Waals surface area contributed by atoms with Gasteiger partial charge in [-0.1, -0.05) is 31.0 Å². The van der Waals surface area contributed by atoms with Crippen molar-refractivity contribution in [3.63, 3.8) is 0 Å². The van der Waals surface area contributed by atoms with Crippen LogP contribution in [-0.4, -0.2) is 11.9 Å². The third-order valence-corrected chi connectivity index (χ3v) is 2.69. The average molecular weight is 241 g/mol. The molecule has 1 aromatic carbocycles. The van der Waals surface area contributed by atoms with E-state index in [9.17, 15) is 4.79 Å². The van der Waals surface area contributed by atoms with E-state index in [0.29, 0.717) is 16.3 Å². The normalized spacial score (nSPS) is 12.2. The Balaban J connectivity index is 2.80. The van der Waals surface area contributed by atoms with Gasteiger partial charge in [-0.2, -0.15) is 0 Å². The van der Waals surface area contributed by atoms with E-state index < -0.39 is 0 Å². The highest BCUT2D eigenvalue weighted by atomic mass is 35.5. The fraction of sp³-hybridized carbons (Fsp3) is 0.417. The molecule has 0 bridgehead atoms. The summed E-state index contributed by atoms with van der Waals surface area (Å²) in [6, 6.07) is 5.19. The summed E-state index contributed by atoms with van der Waals surface area (Å²) < 4.78 is 0. The first-order valence-electron chi connectivity index (χ1n) is 5.41. The number of hydrogen-bond acceptors (Lipinski definition) is 2. The number of nitrogens with one attached hydrogen (secondary N) is 1. The minimum Gasteiger partial charge on any atom is -0.398 e. The average Bonchev–Trinajstić information content (AvgIpc) is 2.17. The molecule has 0 fully saturated rings. The predicted molar refractivity (Wildman–Crippen MR) is 67.7 cm³/mol. The van der Waals surface area contributed by atoms with Crippen molar-refractivity contribution in [1.29, 1.82) is 0 Å². The minimum absolute atomic E-state index is 0.133. The first-order chi connectivity index (χ1) is 7.56. The van der Waals surface area contributed by atoms with Crippen molar-refractivity contribution >= 4 is 23.2 Å². The lowest BCUT2D eigenvalue weighted by atomic mass is 10.1. The third kappa shape index (κ3) is 3.14. The van der Waals surface area contributed by atoms with E-state index in [1.807, 2.05) is 6.92 Å². The number of rotatable bonds is 4. The van der Waals surface area contributed by atoms with Crippen LogP contribution in [0.5, 0.6) is 0 Å². The van der Waals surface area contributed by atoms with Crippen LogP contribution in [-0.2, 0) is 0 Å². The van der Waals surface area contributed by atoms with Crippen LogP contribution in [0.1, 0.15) is 37.0 Å². The van der Waals surface area contributed by atoms with Gasteiger partial charge in [-0.15, -0.1) is 0 Å². The lowest BCUT2D eigenvalue weighted by Crippen LogP contribution is -2.33. The van der Waals surface area contributed by atoms with E-state index in [1.54, 1.807) is 18.2 Å². The number of benzene rings is 1. The Morgan fingerprint density at radius 1 is 1.56 bits per heavy atom. The molecule has 0 saturated heterocycles. The molecule has 1 unspecified atom stereocenters. The zero-order valence-corrected chi connectivity index (χ0v) is 10.3. The smallest absolute Gasteiger partial charge is 0.255 e. The fourth-order valence-electron chi connectivity index (χ4n) is 1.58. The Hall–Kier alpha value is -1.22. The molecule has 0 aliphatic rings. The first-order valence-corrected chi connectivity index (χ1v) is 5.79. The Morgan fingerprint density at radius 2 is 2.25 bits per heavy atom. The largest absolute Gasteiger partial charge is 0.398 e. The van der Waals surface area contributed by atoms with E-state index >= 15 is 0 Å². The predicted octanol–water partition coefficient (Wildman–Crippen LogP) is 2.84. The van der Waals surface area contributed by atoms with Gasteiger partial charge in [0.1, 0.15) is 0 Å². The molecular weight excluding hydrogens is 224 g/mol. The highest BCUT2D eigenvalue weighted by Crippen LogP contribution is 2.21. The summed E-state index contributed by atoms with van der Waals surface area (Å²) in [5, 5.41) is 3.27. The van der Waals surface area contributed by atoms with Crippen molar-refractivity contribution in [2.75, 3.05) is 5.73 Å². The molecule has 88 valence electrons. The maximum Gasteiger partial charge on any atom is 0.255 e. The Kier molecular flexibility index (Phi) is 4.62. The van der Waals surface area contributed by atoms with Crippen molar-refractivity contribution < 1.29 is 4.79 Å². The SMILES string of the molecule is CCCC(C)NC(=O)c1c(N)cccc1Cl. The first kappa shape index (κ1) is 12.8. The zero-order chi connectivity index (χ0) is 12.1. The Morgan fingerprint density at radius 3 is 2.81 bits per heavy atom. The maximum absolute atomic E-state index is 11.9. The van der Waals surface area contributed by atoms with Crippen LogP contribution in [0.4, 0.5) is 5.69 Å². The third-order valence-electron chi connectivity index (χ3n) is 2.37. The maximum atomic E-state index is 11.9. The van der Waals surface area contributed by atoms with Crippen LogP contribution < -0.4 is 11.1 Å². The number of nitrogen functional groups attached to an aromatic ring is 1. The second kappa shape index (κ2) is 5.75. The van der Waals surface area contributed by atoms with Crippen LogP contribution in [0.2, 0.25) is 5.02 Å². The Bertz CT molecular complexity index is 359. The summed E-state index contributed by atoms with van der Waals surface area (Å²) in [7, 11) is 0. The lowest BCUT2D eigenvalue weighted by Gasteiger charge is -2.14. The molecule has 16 heavy (non-hydrogen) atoms. The van der Waals surface area contributed by atoms with Gasteiger partial charge in [-0.05, 0) is 25.5 Å². The van der Waals surface area contributed by atoms with Crippen LogP contribution in [0.25, 0.3) is 0 Å². The quantitative estimate of drug-likeness (QED) is 0.796. The molecule has 1 atom stereocenters. The molecule has 3 nitrogen and oxygen atoms in total. The molecule has 0 heterocycles. The summed E-state index contributed by atoms with van der Waals surface area (Å²) in [6.07, 6.45) is 1.97. The highest BCUT2D eigenvalue weighted by Gasteiger charge is 2.15. The van der Waals surface area contributed by atoms with Crippen LogP contribution in [0.3, 0.4) is 0 Å². The second-order valence-electron chi connectivity index (χ2n) is 3.87. The lowest BCUT2D eigenvalue weighted by molar-refractivity contribution is 0.0939. The molecule has 0 saturated carbocycles. The molecule has 1 rings (SSSR count). The van der Waals surface area contributed by atoms with E-state index in [2.05, 4.69) is 12.2 Å². The van der Waals surface area contributed by atoms with Gasteiger partial charge >= 0.3 is 0 Å². The highest BCUT2D eigenvalue weighted by molar-refractivity contribution is 6.34. The molecule has 4 heteroatoms.